The standard InChI is InChI=1S/C28H52O4/c1-3-5-7-9-11-13-14-15-16-18-20-22-26-32-28(30)24-23-27(29)31-25-21-19-17-12-10-8-6-4-2/h5,7H,3-4,6,8-26H2,1-2H3/b7-5+. The van der Waals surface area contributed by atoms with Crippen molar-refractivity contribution in [1.82, 2.24) is 0 Å². The summed E-state index contributed by atoms with van der Waals surface area (Å²) in [6.07, 6.45) is 26.7. The maximum absolute atomic E-state index is 11.7. The van der Waals surface area contributed by atoms with Crippen LogP contribution in [-0.2, 0) is 19.1 Å². The number of unbranched alkanes of at least 4 members (excludes halogenated alkanes) is 15. The molecule has 0 spiro atoms. The molecular formula is C28H52O4. The maximum atomic E-state index is 11.7. The van der Waals surface area contributed by atoms with E-state index in [1.54, 1.807) is 0 Å². The van der Waals surface area contributed by atoms with Gasteiger partial charge in [0.1, 0.15) is 0 Å². The molecule has 0 aromatic heterocycles. The first-order chi connectivity index (χ1) is 15.7. The van der Waals surface area contributed by atoms with Crippen LogP contribution in [0.25, 0.3) is 0 Å². The van der Waals surface area contributed by atoms with E-state index in [2.05, 4.69) is 26.0 Å². The summed E-state index contributed by atoms with van der Waals surface area (Å²) in [5, 5.41) is 0. The molecule has 0 aliphatic heterocycles. The topological polar surface area (TPSA) is 52.6 Å². The second-order valence-electron chi connectivity index (χ2n) is 8.91. The van der Waals surface area contributed by atoms with Crippen molar-refractivity contribution in [3.05, 3.63) is 12.2 Å². The number of rotatable bonds is 24. The van der Waals surface area contributed by atoms with Crippen molar-refractivity contribution in [1.29, 1.82) is 0 Å². The summed E-state index contributed by atoms with van der Waals surface area (Å²) in [5.74, 6) is -0.572. The third kappa shape index (κ3) is 24.9. The Morgan fingerprint density at radius 3 is 1.38 bits per heavy atom. The molecule has 0 saturated carbocycles. The summed E-state index contributed by atoms with van der Waals surface area (Å²) in [6.45, 7) is 5.34. The van der Waals surface area contributed by atoms with Gasteiger partial charge in [0.25, 0.3) is 0 Å². The van der Waals surface area contributed by atoms with Gasteiger partial charge in [-0.1, -0.05) is 109 Å². The summed E-state index contributed by atoms with van der Waals surface area (Å²) in [4.78, 5) is 23.4. The van der Waals surface area contributed by atoms with Gasteiger partial charge < -0.3 is 9.47 Å². The second kappa shape index (κ2) is 25.9. The van der Waals surface area contributed by atoms with Crippen LogP contribution in [0.5, 0.6) is 0 Å². The molecule has 0 rings (SSSR count). The van der Waals surface area contributed by atoms with Crippen LogP contribution in [0.4, 0.5) is 0 Å². The van der Waals surface area contributed by atoms with E-state index in [9.17, 15) is 9.59 Å². The average molecular weight is 453 g/mol. The summed E-state index contributed by atoms with van der Waals surface area (Å²) >= 11 is 0. The number of ether oxygens (including phenoxy) is 2. The predicted molar refractivity (Wildman–Crippen MR) is 135 cm³/mol. The van der Waals surface area contributed by atoms with Crippen molar-refractivity contribution >= 4 is 11.9 Å². The highest BCUT2D eigenvalue weighted by Crippen LogP contribution is 2.11. The van der Waals surface area contributed by atoms with Crippen LogP contribution >= 0.6 is 0 Å². The van der Waals surface area contributed by atoms with E-state index in [4.69, 9.17) is 9.47 Å². The highest BCUT2D eigenvalue weighted by atomic mass is 16.5. The van der Waals surface area contributed by atoms with Gasteiger partial charge in [-0.3, -0.25) is 9.59 Å². The Kier molecular flexibility index (Phi) is 24.9. The molecule has 32 heavy (non-hydrogen) atoms. The van der Waals surface area contributed by atoms with Gasteiger partial charge in [-0.05, 0) is 32.1 Å². The predicted octanol–water partition coefficient (Wildman–Crippen LogP) is 8.47. The third-order valence-electron chi connectivity index (χ3n) is 5.72. The highest BCUT2D eigenvalue weighted by molar-refractivity contribution is 5.77. The van der Waals surface area contributed by atoms with Crippen LogP contribution in [0.15, 0.2) is 12.2 Å². The Balaban J connectivity index is 3.31. The smallest absolute Gasteiger partial charge is 0.306 e. The van der Waals surface area contributed by atoms with Crippen LogP contribution in [0.3, 0.4) is 0 Å². The molecule has 0 bridgehead atoms. The van der Waals surface area contributed by atoms with Gasteiger partial charge >= 0.3 is 11.9 Å². The molecule has 0 aliphatic rings. The summed E-state index contributed by atoms with van der Waals surface area (Å²) in [5.41, 5.74) is 0. The minimum atomic E-state index is -0.286. The lowest BCUT2D eigenvalue weighted by atomic mass is 10.1. The minimum Gasteiger partial charge on any atom is -0.466 e. The fourth-order valence-corrected chi connectivity index (χ4v) is 3.67. The maximum Gasteiger partial charge on any atom is 0.306 e. The van der Waals surface area contributed by atoms with Gasteiger partial charge in [0.15, 0.2) is 0 Å². The first kappa shape index (κ1) is 30.7. The molecule has 0 N–H and O–H groups in total. The van der Waals surface area contributed by atoms with E-state index in [-0.39, 0.29) is 24.8 Å². The molecule has 0 aromatic rings. The van der Waals surface area contributed by atoms with Gasteiger partial charge in [-0.15, -0.1) is 0 Å². The molecule has 0 aliphatic carbocycles. The number of carbonyl (C=O) groups is 2. The molecule has 0 aromatic carbocycles. The fourth-order valence-electron chi connectivity index (χ4n) is 3.67. The molecule has 0 saturated heterocycles. The molecular weight excluding hydrogens is 400 g/mol. The second-order valence-corrected chi connectivity index (χ2v) is 8.91. The molecule has 0 fully saturated rings. The molecule has 4 nitrogen and oxygen atoms in total. The van der Waals surface area contributed by atoms with Crippen molar-refractivity contribution in [3.8, 4) is 0 Å². The summed E-state index contributed by atoms with van der Waals surface area (Å²) < 4.78 is 10.4. The highest BCUT2D eigenvalue weighted by Gasteiger charge is 2.09. The van der Waals surface area contributed by atoms with Gasteiger partial charge in [0.2, 0.25) is 0 Å². The third-order valence-corrected chi connectivity index (χ3v) is 5.72. The van der Waals surface area contributed by atoms with Gasteiger partial charge in [-0.25, -0.2) is 0 Å². The zero-order valence-electron chi connectivity index (χ0n) is 21.3. The normalized spacial score (nSPS) is 11.2. The number of carbonyl (C=O) groups excluding carboxylic acids is 2. The van der Waals surface area contributed by atoms with Crippen molar-refractivity contribution < 1.29 is 19.1 Å². The molecule has 0 amide bonds. The van der Waals surface area contributed by atoms with Gasteiger partial charge in [0.05, 0.1) is 26.1 Å². The number of hydrogen-bond donors (Lipinski definition) is 0. The molecule has 0 atom stereocenters. The Morgan fingerprint density at radius 2 is 0.938 bits per heavy atom. The summed E-state index contributed by atoms with van der Waals surface area (Å²) in [7, 11) is 0. The monoisotopic (exact) mass is 452 g/mol. The Labute approximate surface area is 198 Å². The number of allylic oxidation sites excluding steroid dienone is 2. The van der Waals surface area contributed by atoms with Crippen molar-refractivity contribution in [2.75, 3.05) is 13.2 Å². The van der Waals surface area contributed by atoms with Crippen LogP contribution in [0, 0.1) is 0 Å². The van der Waals surface area contributed by atoms with E-state index in [0.717, 1.165) is 32.1 Å². The van der Waals surface area contributed by atoms with Gasteiger partial charge in [0, 0.05) is 0 Å². The van der Waals surface area contributed by atoms with E-state index in [0.29, 0.717) is 13.2 Å². The quantitative estimate of drug-likeness (QED) is 0.0837. The SMILES string of the molecule is CC/C=C/CCCCCCCCCCOC(=O)CCC(=O)OCCCCCCCCCC. The first-order valence-corrected chi connectivity index (χ1v) is 13.7. The zero-order valence-corrected chi connectivity index (χ0v) is 21.3. The van der Waals surface area contributed by atoms with Crippen LogP contribution in [-0.4, -0.2) is 25.2 Å². The number of esters is 2. The van der Waals surface area contributed by atoms with E-state index in [1.165, 1.54) is 83.5 Å². The lowest BCUT2D eigenvalue weighted by Gasteiger charge is -2.06. The average Bonchev–Trinajstić information content (AvgIpc) is 2.79. The minimum absolute atomic E-state index is 0.129. The number of hydrogen-bond acceptors (Lipinski definition) is 4. The van der Waals surface area contributed by atoms with Crippen molar-refractivity contribution in [2.45, 2.75) is 142 Å². The molecule has 0 unspecified atom stereocenters. The summed E-state index contributed by atoms with van der Waals surface area (Å²) in [6, 6.07) is 0. The Morgan fingerprint density at radius 1 is 0.531 bits per heavy atom. The van der Waals surface area contributed by atoms with Crippen molar-refractivity contribution in [2.24, 2.45) is 0 Å². The molecule has 4 heteroatoms. The Hall–Kier alpha value is -1.32. The molecule has 188 valence electrons. The fraction of sp³-hybridized carbons (Fsp3) is 0.857. The van der Waals surface area contributed by atoms with Crippen LogP contribution < -0.4 is 0 Å². The lowest BCUT2D eigenvalue weighted by Crippen LogP contribution is -2.11. The Bertz CT molecular complexity index is 445. The van der Waals surface area contributed by atoms with Gasteiger partial charge in [-0.2, -0.15) is 0 Å². The van der Waals surface area contributed by atoms with Crippen LogP contribution in [0.2, 0.25) is 0 Å². The van der Waals surface area contributed by atoms with Crippen molar-refractivity contribution in [3.63, 3.8) is 0 Å². The molecule has 0 heterocycles. The van der Waals surface area contributed by atoms with Crippen LogP contribution in [0.1, 0.15) is 142 Å². The first-order valence-electron chi connectivity index (χ1n) is 13.7. The molecule has 0 radical (unpaired) electrons. The lowest BCUT2D eigenvalue weighted by molar-refractivity contribution is -0.150. The largest absolute Gasteiger partial charge is 0.466 e. The van der Waals surface area contributed by atoms with E-state index >= 15 is 0 Å². The van der Waals surface area contributed by atoms with E-state index in [1.807, 2.05) is 0 Å². The van der Waals surface area contributed by atoms with E-state index < -0.39 is 0 Å². The zero-order chi connectivity index (χ0) is 23.5.